The Morgan fingerprint density at radius 3 is 2.48 bits per heavy atom. The van der Waals surface area contributed by atoms with E-state index in [4.69, 9.17) is 0 Å². The number of halogens is 4. The molecule has 170 valence electrons. The van der Waals surface area contributed by atoms with Crippen molar-refractivity contribution in [2.75, 3.05) is 11.9 Å². The average Bonchev–Trinajstić information content (AvgIpc) is 3.39. The number of hydrogen-bond donors (Lipinski definition) is 1. The Balaban J connectivity index is 1.38. The van der Waals surface area contributed by atoms with Gasteiger partial charge in [-0.15, -0.1) is 10.2 Å². The second kappa shape index (κ2) is 8.05. The van der Waals surface area contributed by atoms with Crippen molar-refractivity contribution >= 4 is 11.7 Å². The van der Waals surface area contributed by atoms with Crippen molar-refractivity contribution in [2.24, 2.45) is 5.92 Å². The van der Waals surface area contributed by atoms with Gasteiger partial charge in [-0.2, -0.15) is 13.2 Å². The van der Waals surface area contributed by atoms with E-state index in [9.17, 15) is 22.4 Å². The lowest BCUT2D eigenvalue weighted by Gasteiger charge is -2.34. The summed E-state index contributed by atoms with van der Waals surface area (Å²) in [7, 11) is 0. The largest absolute Gasteiger partial charge is 0.435 e. The van der Waals surface area contributed by atoms with Gasteiger partial charge in [0.05, 0.1) is 17.2 Å². The molecule has 2 aromatic heterocycles. The molecule has 3 heterocycles. The Morgan fingerprint density at radius 2 is 1.82 bits per heavy atom. The number of carbonyl (C=O) groups excluding carboxylic acids is 1. The van der Waals surface area contributed by atoms with Gasteiger partial charge >= 0.3 is 6.18 Å². The fraction of sp³-hybridized carbons (Fsp3) is 0.318. The number of fused-ring (bicyclic) bond motifs is 2. The Hall–Kier alpha value is -3.63. The fourth-order valence-electron chi connectivity index (χ4n) is 4.68. The van der Waals surface area contributed by atoms with Crippen molar-refractivity contribution in [2.45, 2.75) is 31.1 Å². The summed E-state index contributed by atoms with van der Waals surface area (Å²) in [5.41, 5.74) is -0.856. The van der Waals surface area contributed by atoms with E-state index in [-0.39, 0.29) is 46.7 Å². The second-order valence-electron chi connectivity index (χ2n) is 8.15. The monoisotopic (exact) mass is 458 g/mol. The van der Waals surface area contributed by atoms with Crippen LogP contribution in [0.25, 0.3) is 11.4 Å². The van der Waals surface area contributed by atoms with Crippen LogP contribution in [-0.4, -0.2) is 49.6 Å². The van der Waals surface area contributed by atoms with Gasteiger partial charge in [0, 0.05) is 25.0 Å². The van der Waals surface area contributed by atoms with Gasteiger partial charge in [0.2, 0.25) is 0 Å². The van der Waals surface area contributed by atoms with Gasteiger partial charge in [0.25, 0.3) is 5.91 Å². The minimum atomic E-state index is -4.56. The van der Waals surface area contributed by atoms with Gasteiger partial charge in [-0.05, 0) is 49.1 Å². The van der Waals surface area contributed by atoms with Gasteiger partial charge in [-0.3, -0.25) is 4.79 Å². The summed E-state index contributed by atoms with van der Waals surface area (Å²) in [6, 6.07) is 7.56. The molecule has 2 fully saturated rings. The minimum Gasteiger partial charge on any atom is -0.364 e. The predicted octanol–water partition coefficient (Wildman–Crippen LogP) is 3.81. The third-order valence-corrected chi connectivity index (χ3v) is 6.06. The SMILES string of the molecule is O=C(c1cccc(F)c1-c1ncccn1)N1CC2CC(Nc3ccc(C(F)(F)F)nn3)C1C2. The molecule has 2 bridgehead atoms. The Morgan fingerprint density at radius 1 is 1.03 bits per heavy atom. The van der Waals surface area contributed by atoms with Crippen LogP contribution < -0.4 is 5.32 Å². The smallest absolute Gasteiger partial charge is 0.364 e. The standard InChI is InChI=1S/C22H18F4N6O/c23-14-4-1-3-13(19(14)20-27-7-2-8-28-20)21(33)32-11-12-9-15(16(32)10-12)29-18-6-5-17(30-31-18)22(24,25)26/h1-8,12,15-16H,9-11H2,(H,29,31). The van der Waals surface area contributed by atoms with E-state index < -0.39 is 17.7 Å². The molecule has 1 aliphatic carbocycles. The number of benzene rings is 1. The zero-order valence-corrected chi connectivity index (χ0v) is 17.1. The minimum absolute atomic E-state index is 0.0454. The summed E-state index contributed by atoms with van der Waals surface area (Å²) in [4.78, 5) is 23.3. The van der Waals surface area contributed by atoms with E-state index in [1.54, 1.807) is 17.0 Å². The molecule has 7 nitrogen and oxygen atoms in total. The van der Waals surface area contributed by atoms with E-state index in [0.29, 0.717) is 6.54 Å². The number of nitrogens with zero attached hydrogens (tertiary/aromatic N) is 5. The number of nitrogens with one attached hydrogen (secondary N) is 1. The number of aromatic nitrogens is 4. The predicted molar refractivity (Wildman–Crippen MR) is 109 cm³/mol. The van der Waals surface area contributed by atoms with Crippen LogP contribution in [0.2, 0.25) is 0 Å². The number of anilines is 1. The molecule has 5 rings (SSSR count). The normalized spacial score (nSPS) is 21.9. The zero-order valence-electron chi connectivity index (χ0n) is 17.1. The quantitative estimate of drug-likeness (QED) is 0.599. The van der Waals surface area contributed by atoms with E-state index >= 15 is 0 Å². The second-order valence-corrected chi connectivity index (χ2v) is 8.15. The van der Waals surface area contributed by atoms with E-state index in [1.165, 1.54) is 30.6 Å². The van der Waals surface area contributed by atoms with Crippen molar-refractivity contribution in [3.05, 3.63) is 65.9 Å². The molecule has 33 heavy (non-hydrogen) atoms. The number of likely N-dealkylation sites (tertiary alicyclic amines) is 1. The molecule has 1 aliphatic heterocycles. The molecule has 3 aromatic rings. The van der Waals surface area contributed by atoms with E-state index in [2.05, 4.69) is 25.5 Å². The van der Waals surface area contributed by atoms with Crippen molar-refractivity contribution in [1.82, 2.24) is 25.1 Å². The fourth-order valence-corrected chi connectivity index (χ4v) is 4.68. The molecule has 2 aliphatic rings. The van der Waals surface area contributed by atoms with Crippen LogP contribution in [-0.2, 0) is 6.18 Å². The first-order chi connectivity index (χ1) is 15.8. The maximum absolute atomic E-state index is 14.7. The molecule has 0 spiro atoms. The van der Waals surface area contributed by atoms with Crippen LogP contribution in [0.5, 0.6) is 0 Å². The highest BCUT2D eigenvalue weighted by atomic mass is 19.4. The lowest BCUT2D eigenvalue weighted by molar-refractivity contribution is -0.141. The van der Waals surface area contributed by atoms with Crippen molar-refractivity contribution in [1.29, 1.82) is 0 Å². The highest BCUT2D eigenvalue weighted by molar-refractivity contribution is 6.00. The third kappa shape index (κ3) is 3.98. The van der Waals surface area contributed by atoms with E-state index in [0.717, 1.165) is 18.9 Å². The number of carbonyl (C=O) groups is 1. The maximum Gasteiger partial charge on any atom is 0.435 e. The number of amides is 1. The van der Waals surface area contributed by atoms with Crippen LogP contribution in [0, 0.1) is 11.7 Å². The number of rotatable bonds is 4. The first-order valence-electron chi connectivity index (χ1n) is 10.4. The van der Waals surface area contributed by atoms with E-state index in [1.807, 2.05) is 0 Å². The average molecular weight is 458 g/mol. The summed E-state index contributed by atoms with van der Waals surface area (Å²) < 4.78 is 52.9. The van der Waals surface area contributed by atoms with Crippen LogP contribution in [0.3, 0.4) is 0 Å². The highest BCUT2D eigenvalue weighted by Crippen LogP contribution is 2.40. The van der Waals surface area contributed by atoms with Crippen LogP contribution in [0.4, 0.5) is 23.4 Å². The molecule has 0 radical (unpaired) electrons. The molecule has 1 aromatic carbocycles. The topological polar surface area (TPSA) is 83.9 Å². The molecule has 3 atom stereocenters. The first-order valence-corrected chi connectivity index (χ1v) is 10.4. The number of alkyl halides is 3. The highest BCUT2D eigenvalue weighted by Gasteiger charge is 2.47. The molecule has 1 amide bonds. The third-order valence-electron chi connectivity index (χ3n) is 6.06. The molecule has 3 unspecified atom stereocenters. The van der Waals surface area contributed by atoms with Gasteiger partial charge < -0.3 is 10.2 Å². The molecule has 1 saturated carbocycles. The van der Waals surface area contributed by atoms with Gasteiger partial charge in [0.15, 0.2) is 11.5 Å². The summed E-state index contributed by atoms with van der Waals surface area (Å²) in [5.74, 6) is -0.375. The van der Waals surface area contributed by atoms with Crippen molar-refractivity contribution in [3.63, 3.8) is 0 Å². The molecule has 11 heteroatoms. The molecule has 1 saturated heterocycles. The number of hydrogen-bond acceptors (Lipinski definition) is 6. The lowest BCUT2D eigenvalue weighted by Crippen LogP contribution is -2.48. The van der Waals surface area contributed by atoms with Crippen LogP contribution in [0.1, 0.15) is 28.9 Å². The Kier molecular flexibility index (Phi) is 5.18. The summed E-state index contributed by atoms with van der Waals surface area (Å²) >= 11 is 0. The van der Waals surface area contributed by atoms with Crippen molar-refractivity contribution < 1.29 is 22.4 Å². The van der Waals surface area contributed by atoms with Gasteiger partial charge in [-0.1, -0.05) is 6.07 Å². The van der Waals surface area contributed by atoms with Crippen LogP contribution in [0.15, 0.2) is 48.8 Å². The summed E-state index contributed by atoms with van der Waals surface area (Å²) in [6.07, 6.45) is -0.122. The molecular formula is C22H18F4N6O. The zero-order chi connectivity index (χ0) is 23.2. The first kappa shape index (κ1) is 21.2. The van der Waals surface area contributed by atoms with Crippen LogP contribution >= 0.6 is 0 Å². The lowest BCUT2D eigenvalue weighted by atomic mass is 10.0. The maximum atomic E-state index is 14.7. The summed E-state index contributed by atoms with van der Waals surface area (Å²) in [5, 5.41) is 9.98. The van der Waals surface area contributed by atoms with Gasteiger partial charge in [0.1, 0.15) is 11.6 Å². The molecule has 1 N–H and O–H groups in total. The number of piperidine rings is 1. The molecular weight excluding hydrogens is 440 g/mol. The Labute approximate surface area is 185 Å². The Bertz CT molecular complexity index is 1170. The summed E-state index contributed by atoms with van der Waals surface area (Å²) in [6.45, 7) is 0.520. The van der Waals surface area contributed by atoms with Gasteiger partial charge in [-0.25, -0.2) is 14.4 Å². The van der Waals surface area contributed by atoms with Crippen molar-refractivity contribution in [3.8, 4) is 11.4 Å².